The molecule has 116 valence electrons. The molecule has 1 N–H and O–H groups in total. The summed E-state index contributed by atoms with van der Waals surface area (Å²) in [6, 6.07) is 8.34. The topological polar surface area (TPSA) is 38.3 Å². The van der Waals surface area contributed by atoms with Gasteiger partial charge in [0.25, 0.3) is 0 Å². The summed E-state index contributed by atoms with van der Waals surface area (Å²) in [5, 5.41) is 3.12. The Morgan fingerprint density at radius 1 is 1.23 bits per heavy atom. The molecule has 0 saturated heterocycles. The summed E-state index contributed by atoms with van der Waals surface area (Å²) < 4.78 is 31.0. The van der Waals surface area contributed by atoms with E-state index >= 15 is 0 Å². The Morgan fingerprint density at radius 2 is 2.00 bits per heavy atom. The Balaban J connectivity index is 1.98. The standard InChI is InChI=1S/C15H12ClF2NO2S/c1-21-14-5-2-9(16)6-13(14)19-15(20)8-22-10-3-4-11(17)12(18)7-10/h2-7H,8H2,1H3,(H,19,20). The summed E-state index contributed by atoms with van der Waals surface area (Å²) in [5.74, 6) is -1.65. The maximum Gasteiger partial charge on any atom is 0.234 e. The first-order valence-electron chi connectivity index (χ1n) is 6.21. The van der Waals surface area contributed by atoms with Gasteiger partial charge in [0.05, 0.1) is 18.6 Å². The second kappa shape index (κ2) is 7.47. The summed E-state index contributed by atoms with van der Waals surface area (Å²) in [4.78, 5) is 12.4. The van der Waals surface area contributed by atoms with E-state index in [4.69, 9.17) is 16.3 Å². The summed E-state index contributed by atoms with van der Waals surface area (Å²) >= 11 is 6.97. The average molecular weight is 344 g/mol. The summed E-state index contributed by atoms with van der Waals surface area (Å²) in [5.41, 5.74) is 0.450. The highest BCUT2D eigenvalue weighted by atomic mass is 35.5. The highest BCUT2D eigenvalue weighted by Gasteiger charge is 2.10. The predicted octanol–water partition coefficient (Wildman–Crippen LogP) is 4.36. The van der Waals surface area contributed by atoms with Crippen LogP contribution in [-0.4, -0.2) is 18.8 Å². The van der Waals surface area contributed by atoms with E-state index in [-0.39, 0.29) is 11.7 Å². The predicted molar refractivity (Wildman–Crippen MR) is 83.7 cm³/mol. The van der Waals surface area contributed by atoms with Gasteiger partial charge in [-0.25, -0.2) is 8.78 Å². The molecule has 0 saturated carbocycles. The Kier molecular flexibility index (Phi) is 5.63. The van der Waals surface area contributed by atoms with Gasteiger partial charge in [-0.05, 0) is 36.4 Å². The third-order valence-corrected chi connectivity index (χ3v) is 3.93. The Morgan fingerprint density at radius 3 is 2.68 bits per heavy atom. The molecular formula is C15H12ClF2NO2S. The SMILES string of the molecule is COc1ccc(Cl)cc1NC(=O)CSc1ccc(F)c(F)c1. The molecule has 22 heavy (non-hydrogen) atoms. The molecule has 2 aromatic carbocycles. The summed E-state index contributed by atoms with van der Waals surface area (Å²) in [7, 11) is 1.48. The van der Waals surface area contributed by atoms with E-state index < -0.39 is 11.6 Å². The van der Waals surface area contributed by atoms with Crippen LogP contribution in [0.5, 0.6) is 5.75 Å². The molecule has 0 bridgehead atoms. The third kappa shape index (κ3) is 4.35. The molecular weight excluding hydrogens is 332 g/mol. The van der Waals surface area contributed by atoms with Crippen molar-refractivity contribution in [3.63, 3.8) is 0 Å². The van der Waals surface area contributed by atoms with Crippen LogP contribution < -0.4 is 10.1 Å². The highest BCUT2D eigenvalue weighted by Crippen LogP contribution is 2.28. The third-order valence-electron chi connectivity index (χ3n) is 2.70. The second-order valence-electron chi connectivity index (χ2n) is 4.26. The number of hydrogen-bond donors (Lipinski definition) is 1. The molecule has 0 heterocycles. The number of halogens is 3. The lowest BCUT2D eigenvalue weighted by Crippen LogP contribution is -2.14. The van der Waals surface area contributed by atoms with Gasteiger partial charge in [-0.2, -0.15) is 0 Å². The first-order chi connectivity index (χ1) is 10.5. The van der Waals surface area contributed by atoms with Crippen molar-refractivity contribution in [3.8, 4) is 5.75 Å². The summed E-state index contributed by atoms with van der Waals surface area (Å²) in [6.07, 6.45) is 0. The first-order valence-corrected chi connectivity index (χ1v) is 7.57. The van der Waals surface area contributed by atoms with Gasteiger partial charge >= 0.3 is 0 Å². The van der Waals surface area contributed by atoms with Crippen LogP contribution in [0.1, 0.15) is 0 Å². The molecule has 0 aliphatic rings. The molecule has 0 radical (unpaired) electrons. The fraction of sp³-hybridized carbons (Fsp3) is 0.133. The molecule has 0 fully saturated rings. The van der Waals surface area contributed by atoms with Gasteiger partial charge in [0.2, 0.25) is 5.91 Å². The smallest absolute Gasteiger partial charge is 0.234 e. The lowest BCUT2D eigenvalue weighted by Gasteiger charge is -2.10. The molecule has 0 spiro atoms. The molecule has 2 rings (SSSR count). The molecule has 1 amide bonds. The van der Waals surface area contributed by atoms with E-state index in [0.29, 0.717) is 21.4 Å². The van der Waals surface area contributed by atoms with Crippen LogP contribution >= 0.6 is 23.4 Å². The fourth-order valence-corrected chi connectivity index (χ4v) is 2.57. The van der Waals surface area contributed by atoms with Crippen molar-refractivity contribution in [2.24, 2.45) is 0 Å². The monoisotopic (exact) mass is 343 g/mol. The highest BCUT2D eigenvalue weighted by molar-refractivity contribution is 8.00. The van der Waals surface area contributed by atoms with E-state index in [1.165, 1.54) is 13.2 Å². The molecule has 0 atom stereocenters. The zero-order valence-corrected chi connectivity index (χ0v) is 13.1. The number of thioether (sulfide) groups is 1. The van der Waals surface area contributed by atoms with Crippen molar-refractivity contribution in [3.05, 3.63) is 53.1 Å². The number of nitrogens with one attached hydrogen (secondary N) is 1. The van der Waals surface area contributed by atoms with Crippen LogP contribution in [0.3, 0.4) is 0 Å². The number of rotatable bonds is 5. The van der Waals surface area contributed by atoms with E-state index in [1.807, 2.05) is 0 Å². The average Bonchev–Trinajstić information content (AvgIpc) is 2.49. The number of carbonyl (C=O) groups is 1. The van der Waals surface area contributed by atoms with Crippen molar-refractivity contribution in [1.82, 2.24) is 0 Å². The van der Waals surface area contributed by atoms with Gasteiger partial charge in [0.15, 0.2) is 11.6 Å². The van der Waals surface area contributed by atoms with Crippen LogP contribution in [0.15, 0.2) is 41.3 Å². The molecule has 0 aliphatic carbocycles. The van der Waals surface area contributed by atoms with Crippen molar-refractivity contribution < 1.29 is 18.3 Å². The molecule has 3 nitrogen and oxygen atoms in total. The lowest BCUT2D eigenvalue weighted by molar-refractivity contribution is -0.113. The quantitative estimate of drug-likeness (QED) is 0.820. The van der Waals surface area contributed by atoms with Gasteiger partial charge < -0.3 is 10.1 Å². The first kappa shape index (κ1) is 16.6. The van der Waals surface area contributed by atoms with Gasteiger partial charge in [-0.3, -0.25) is 4.79 Å². The number of methoxy groups -OCH3 is 1. The molecule has 0 aromatic heterocycles. The molecule has 2 aromatic rings. The molecule has 7 heteroatoms. The molecule has 0 unspecified atom stereocenters. The van der Waals surface area contributed by atoms with E-state index in [9.17, 15) is 13.6 Å². The van der Waals surface area contributed by atoms with Crippen LogP contribution in [0.4, 0.5) is 14.5 Å². The minimum absolute atomic E-state index is 0.0424. The molecule has 0 aliphatic heterocycles. The number of amides is 1. The van der Waals surface area contributed by atoms with Gasteiger partial charge in [0.1, 0.15) is 5.75 Å². The zero-order chi connectivity index (χ0) is 16.1. The van der Waals surface area contributed by atoms with Crippen molar-refractivity contribution >= 4 is 35.0 Å². The number of carbonyl (C=O) groups excluding carboxylic acids is 1. The summed E-state index contributed by atoms with van der Waals surface area (Å²) in [6.45, 7) is 0. The minimum Gasteiger partial charge on any atom is -0.495 e. The normalized spacial score (nSPS) is 10.4. The zero-order valence-electron chi connectivity index (χ0n) is 11.5. The number of benzene rings is 2. The van der Waals surface area contributed by atoms with Crippen LogP contribution in [0.2, 0.25) is 5.02 Å². The van der Waals surface area contributed by atoms with Crippen molar-refractivity contribution in [2.75, 3.05) is 18.2 Å². The van der Waals surface area contributed by atoms with Gasteiger partial charge in [-0.1, -0.05) is 11.6 Å². The number of ether oxygens (including phenoxy) is 1. The maximum atomic E-state index is 13.1. The van der Waals surface area contributed by atoms with Crippen molar-refractivity contribution in [2.45, 2.75) is 4.90 Å². The van der Waals surface area contributed by atoms with Gasteiger partial charge in [-0.15, -0.1) is 11.8 Å². The largest absolute Gasteiger partial charge is 0.495 e. The Bertz CT molecular complexity index is 697. The van der Waals surface area contributed by atoms with Crippen molar-refractivity contribution in [1.29, 1.82) is 0 Å². The van der Waals surface area contributed by atoms with Crippen LogP contribution in [0, 0.1) is 11.6 Å². The van der Waals surface area contributed by atoms with Crippen LogP contribution in [-0.2, 0) is 4.79 Å². The van der Waals surface area contributed by atoms with E-state index in [2.05, 4.69) is 5.32 Å². The Hall–Kier alpha value is -1.79. The van der Waals surface area contributed by atoms with E-state index in [1.54, 1.807) is 18.2 Å². The van der Waals surface area contributed by atoms with Gasteiger partial charge in [0, 0.05) is 9.92 Å². The minimum atomic E-state index is -0.943. The fourth-order valence-electron chi connectivity index (χ4n) is 1.68. The second-order valence-corrected chi connectivity index (χ2v) is 5.74. The van der Waals surface area contributed by atoms with Crippen LogP contribution in [0.25, 0.3) is 0 Å². The Labute approximate surface area is 135 Å². The lowest BCUT2D eigenvalue weighted by atomic mass is 10.3. The van der Waals surface area contributed by atoms with E-state index in [0.717, 1.165) is 23.9 Å². The number of anilines is 1. The maximum absolute atomic E-state index is 13.1. The number of hydrogen-bond acceptors (Lipinski definition) is 3.